The van der Waals surface area contributed by atoms with E-state index in [1.54, 1.807) is 18.2 Å². The van der Waals surface area contributed by atoms with Crippen molar-refractivity contribution >= 4 is 15.9 Å². The molecule has 0 aliphatic carbocycles. The zero-order chi connectivity index (χ0) is 12.3. The maximum Gasteiger partial charge on any atom is 0.129 e. The van der Waals surface area contributed by atoms with Gasteiger partial charge in [0.25, 0.3) is 0 Å². The first-order valence-electron chi connectivity index (χ1n) is 5.71. The van der Waals surface area contributed by atoms with Crippen molar-refractivity contribution in [1.82, 2.24) is 10.2 Å². The Balaban J connectivity index is 2.18. The Hall–Kier alpha value is -0.650. The molecule has 0 bridgehead atoms. The van der Waals surface area contributed by atoms with Gasteiger partial charge in [-0.05, 0) is 33.6 Å². The normalized spacial score (nSPS) is 19.2. The van der Waals surface area contributed by atoms with E-state index in [4.69, 9.17) is 0 Å². The molecule has 1 atom stereocenters. The fraction of sp³-hybridized carbons (Fsp3) is 0.500. The quantitative estimate of drug-likeness (QED) is 0.897. The van der Waals surface area contributed by atoms with Crippen molar-refractivity contribution in [3.05, 3.63) is 28.2 Å². The lowest BCUT2D eigenvalue weighted by molar-refractivity contribution is 0.147. The Morgan fingerprint density at radius 3 is 2.71 bits per heavy atom. The molecule has 0 unspecified atom stereocenters. The highest BCUT2D eigenvalue weighted by Crippen LogP contribution is 2.29. The number of alkyl halides is 1. The SMILES string of the molecule is Oc1ccc([C@H](CF)N2CCNCC2)cc1Br. The van der Waals surface area contributed by atoms with Crippen molar-refractivity contribution in [3.8, 4) is 5.75 Å². The summed E-state index contributed by atoms with van der Waals surface area (Å²) in [4.78, 5) is 2.13. The van der Waals surface area contributed by atoms with E-state index in [1.165, 1.54) is 0 Å². The van der Waals surface area contributed by atoms with E-state index in [1.807, 2.05) is 0 Å². The Morgan fingerprint density at radius 1 is 1.41 bits per heavy atom. The molecule has 94 valence electrons. The number of rotatable bonds is 3. The van der Waals surface area contributed by atoms with E-state index < -0.39 is 6.67 Å². The van der Waals surface area contributed by atoms with Gasteiger partial charge < -0.3 is 10.4 Å². The Morgan fingerprint density at radius 2 is 2.12 bits per heavy atom. The zero-order valence-electron chi connectivity index (χ0n) is 9.50. The fourth-order valence-electron chi connectivity index (χ4n) is 2.12. The summed E-state index contributed by atoms with van der Waals surface area (Å²) in [6.07, 6.45) is 0. The van der Waals surface area contributed by atoms with E-state index in [-0.39, 0.29) is 11.8 Å². The van der Waals surface area contributed by atoms with Crippen LogP contribution in [0.1, 0.15) is 11.6 Å². The maximum atomic E-state index is 13.2. The molecule has 1 aromatic rings. The highest BCUT2D eigenvalue weighted by Gasteiger charge is 2.22. The van der Waals surface area contributed by atoms with Gasteiger partial charge in [-0.1, -0.05) is 6.07 Å². The molecule has 0 aromatic heterocycles. The van der Waals surface area contributed by atoms with Crippen LogP contribution < -0.4 is 5.32 Å². The number of hydrogen-bond donors (Lipinski definition) is 2. The highest BCUT2D eigenvalue weighted by molar-refractivity contribution is 9.10. The predicted molar refractivity (Wildman–Crippen MR) is 69.0 cm³/mol. The molecule has 17 heavy (non-hydrogen) atoms. The number of nitrogens with one attached hydrogen (secondary N) is 1. The molecular weight excluding hydrogens is 287 g/mol. The van der Waals surface area contributed by atoms with Crippen LogP contribution in [0.4, 0.5) is 4.39 Å². The minimum atomic E-state index is -0.406. The van der Waals surface area contributed by atoms with Gasteiger partial charge in [0, 0.05) is 26.2 Å². The molecule has 1 heterocycles. The third-order valence-corrected chi connectivity index (χ3v) is 3.73. The topological polar surface area (TPSA) is 35.5 Å². The highest BCUT2D eigenvalue weighted by atomic mass is 79.9. The van der Waals surface area contributed by atoms with Gasteiger partial charge in [-0.2, -0.15) is 0 Å². The molecule has 1 aliphatic rings. The number of halogens is 2. The lowest BCUT2D eigenvalue weighted by Crippen LogP contribution is -2.45. The Kier molecular flexibility index (Phi) is 4.36. The van der Waals surface area contributed by atoms with E-state index in [0.29, 0.717) is 4.47 Å². The van der Waals surface area contributed by atoms with Crippen molar-refractivity contribution in [1.29, 1.82) is 0 Å². The first-order valence-corrected chi connectivity index (χ1v) is 6.51. The lowest BCUT2D eigenvalue weighted by Gasteiger charge is -2.33. The third kappa shape index (κ3) is 2.97. The average Bonchev–Trinajstić information content (AvgIpc) is 2.36. The zero-order valence-corrected chi connectivity index (χ0v) is 11.1. The number of piperazine rings is 1. The Bertz CT molecular complexity index is 383. The van der Waals surface area contributed by atoms with Gasteiger partial charge in [-0.25, -0.2) is 4.39 Å². The lowest BCUT2D eigenvalue weighted by atomic mass is 10.1. The third-order valence-electron chi connectivity index (χ3n) is 3.10. The summed E-state index contributed by atoms with van der Waals surface area (Å²) in [5.41, 5.74) is 0.902. The van der Waals surface area contributed by atoms with Gasteiger partial charge in [0.2, 0.25) is 0 Å². The molecule has 1 aliphatic heterocycles. The standard InChI is InChI=1S/C12H16BrFN2O/c13-10-7-9(1-2-12(10)17)11(8-14)16-5-3-15-4-6-16/h1-2,7,11,15,17H,3-6,8H2/t11-/m0/s1. The van der Waals surface area contributed by atoms with E-state index >= 15 is 0 Å². The van der Waals surface area contributed by atoms with Crippen LogP contribution in [0.2, 0.25) is 0 Å². The molecular formula is C12H16BrFN2O. The summed E-state index contributed by atoms with van der Waals surface area (Å²) in [5, 5.41) is 12.7. The first kappa shape index (κ1) is 12.8. The molecule has 1 saturated heterocycles. The van der Waals surface area contributed by atoms with E-state index in [0.717, 1.165) is 31.7 Å². The van der Waals surface area contributed by atoms with Crippen LogP contribution in [0.5, 0.6) is 5.75 Å². The van der Waals surface area contributed by atoms with Gasteiger partial charge in [-0.15, -0.1) is 0 Å². The van der Waals surface area contributed by atoms with Crippen molar-refractivity contribution in [2.45, 2.75) is 6.04 Å². The van der Waals surface area contributed by atoms with Crippen LogP contribution in [-0.4, -0.2) is 42.9 Å². The molecule has 1 aromatic carbocycles. The van der Waals surface area contributed by atoms with Gasteiger partial charge in [0.05, 0.1) is 10.5 Å². The second-order valence-corrected chi connectivity index (χ2v) is 5.02. The fourth-order valence-corrected chi connectivity index (χ4v) is 2.52. The summed E-state index contributed by atoms with van der Waals surface area (Å²) in [6.45, 7) is 3.10. The minimum absolute atomic E-state index is 0.187. The summed E-state index contributed by atoms with van der Waals surface area (Å²) in [5.74, 6) is 0.187. The Labute approximate surface area is 109 Å². The second-order valence-electron chi connectivity index (χ2n) is 4.17. The molecule has 0 saturated carbocycles. The average molecular weight is 303 g/mol. The molecule has 2 N–H and O–H groups in total. The first-order chi connectivity index (χ1) is 8.22. The summed E-state index contributed by atoms with van der Waals surface area (Å²) in [6, 6.07) is 4.96. The van der Waals surface area contributed by atoms with Crippen molar-refractivity contribution in [3.63, 3.8) is 0 Å². The van der Waals surface area contributed by atoms with Crippen LogP contribution in [0.3, 0.4) is 0 Å². The number of nitrogens with zero attached hydrogens (tertiary/aromatic N) is 1. The summed E-state index contributed by atoms with van der Waals surface area (Å²) >= 11 is 3.26. The summed E-state index contributed by atoms with van der Waals surface area (Å²) < 4.78 is 13.8. The molecule has 0 spiro atoms. The molecule has 2 rings (SSSR count). The van der Waals surface area contributed by atoms with Gasteiger partial charge in [-0.3, -0.25) is 4.90 Å². The smallest absolute Gasteiger partial charge is 0.129 e. The van der Waals surface area contributed by atoms with Gasteiger partial charge in [0.1, 0.15) is 12.4 Å². The molecule has 5 heteroatoms. The van der Waals surface area contributed by atoms with Crippen LogP contribution in [0, 0.1) is 0 Å². The van der Waals surface area contributed by atoms with Gasteiger partial charge in [0.15, 0.2) is 0 Å². The monoisotopic (exact) mass is 302 g/mol. The number of phenolic OH excluding ortho intramolecular Hbond substituents is 1. The number of phenols is 1. The maximum absolute atomic E-state index is 13.2. The molecule has 0 amide bonds. The van der Waals surface area contributed by atoms with Crippen LogP contribution in [0.25, 0.3) is 0 Å². The number of aromatic hydroxyl groups is 1. The van der Waals surface area contributed by atoms with Crippen molar-refractivity contribution in [2.24, 2.45) is 0 Å². The molecule has 1 fully saturated rings. The molecule has 3 nitrogen and oxygen atoms in total. The van der Waals surface area contributed by atoms with Gasteiger partial charge >= 0.3 is 0 Å². The van der Waals surface area contributed by atoms with E-state index in [9.17, 15) is 9.50 Å². The van der Waals surface area contributed by atoms with Crippen LogP contribution in [0.15, 0.2) is 22.7 Å². The number of hydrogen-bond acceptors (Lipinski definition) is 3. The summed E-state index contributed by atoms with van der Waals surface area (Å²) in [7, 11) is 0. The van der Waals surface area contributed by atoms with Crippen molar-refractivity contribution < 1.29 is 9.50 Å². The minimum Gasteiger partial charge on any atom is -0.507 e. The number of benzene rings is 1. The van der Waals surface area contributed by atoms with E-state index in [2.05, 4.69) is 26.1 Å². The predicted octanol–water partition coefficient (Wildman–Crippen LogP) is 2.07. The second kappa shape index (κ2) is 5.80. The van der Waals surface area contributed by atoms with Crippen LogP contribution in [-0.2, 0) is 0 Å². The van der Waals surface area contributed by atoms with Crippen molar-refractivity contribution in [2.75, 3.05) is 32.9 Å². The van der Waals surface area contributed by atoms with Crippen LogP contribution >= 0.6 is 15.9 Å². The largest absolute Gasteiger partial charge is 0.507 e. The molecule has 0 radical (unpaired) electrons.